The van der Waals surface area contributed by atoms with Crippen LogP contribution in [0.3, 0.4) is 0 Å². The Balaban J connectivity index is 2.11. The predicted molar refractivity (Wildman–Crippen MR) is 79.9 cm³/mol. The second-order valence-corrected chi connectivity index (χ2v) is 5.44. The predicted octanol–water partition coefficient (Wildman–Crippen LogP) is 4.41. The molecule has 4 heteroatoms. The molecule has 0 radical (unpaired) electrons. The van der Waals surface area contributed by atoms with Crippen molar-refractivity contribution >= 4 is 11.8 Å². The molecule has 0 saturated heterocycles. The molecule has 0 saturated carbocycles. The van der Waals surface area contributed by atoms with Crippen LogP contribution in [0.15, 0.2) is 53.4 Å². The molecular weight excluding hydrogens is 276 g/mol. The summed E-state index contributed by atoms with van der Waals surface area (Å²) in [7, 11) is 0. The minimum Gasteiger partial charge on any atom is -0.309 e. The molecule has 106 valence electrons. The molecule has 0 bridgehead atoms. The van der Waals surface area contributed by atoms with Gasteiger partial charge in [-0.1, -0.05) is 37.3 Å². The fraction of sp³-hybridized carbons (Fsp3) is 0.250. The molecule has 0 aromatic heterocycles. The molecule has 0 aliphatic heterocycles. The molecule has 0 heterocycles. The third kappa shape index (κ3) is 3.81. The van der Waals surface area contributed by atoms with E-state index < -0.39 is 0 Å². The van der Waals surface area contributed by atoms with Gasteiger partial charge in [0, 0.05) is 22.3 Å². The summed E-state index contributed by atoms with van der Waals surface area (Å²) in [6.45, 7) is 2.71. The Kier molecular flexibility index (Phi) is 5.56. The molecule has 1 unspecified atom stereocenters. The SMILES string of the molecule is CCNC(CSc1ccccc1F)c1ccccc1F. The van der Waals surface area contributed by atoms with Crippen molar-refractivity contribution in [1.82, 2.24) is 5.32 Å². The second-order valence-electron chi connectivity index (χ2n) is 4.37. The van der Waals surface area contributed by atoms with Crippen LogP contribution < -0.4 is 5.32 Å². The molecule has 0 aliphatic carbocycles. The third-order valence-corrected chi connectivity index (χ3v) is 4.12. The van der Waals surface area contributed by atoms with E-state index in [1.807, 2.05) is 13.0 Å². The van der Waals surface area contributed by atoms with E-state index in [1.54, 1.807) is 30.3 Å². The highest BCUT2D eigenvalue weighted by atomic mass is 32.2. The highest BCUT2D eigenvalue weighted by molar-refractivity contribution is 7.99. The maximum atomic E-state index is 13.8. The van der Waals surface area contributed by atoms with Gasteiger partial charge in [0.1, 0.15) is 11.6 Å². The fourth-order valence-electron chi connectivity index (χ4n) is 2.00. The lowest BCUT2D eigenvalue weighted by molar-refractivity contribution is 0.545. The molecule has 1 atom stereocenters. The summed E-state index contributed by atoms with van der Waals surface area (Å²) in [6, 6.07) is 13.2. The number of thioether (sulfide) groups is 1. The van der Waals surface area contributed by atoms with Gasteiger partial charge >= 0.3 is 0 Å². The number of hydrogen-bond donors (Lipinski definition) is 1. The van der Waals surface area contributed by atoms with E-state index in [4.69, 9.17) is 0 Å². The lowest BCUT2D eigenvalue weighted by Gasteiger charge is -2.18. The Morgan fingerprint density at radius 2 is 1.65 bits per heavy atom. The average molecular weight is 293 g/mol. The molecule has 2 aromatic carbocycles. The van der Waals surface area contributed by atoms with E-state index in [9.17, 15) is 8.78 Å². The van der Waals surface area contributed by atoms with Gasteiger partial charge in [-0.3, -0.25) is 0 Å². The Hall–Kier alpha value is -1.39. The number of benzene rings is 2. The van der Waals surface area contributed by atoms with Gasteiger partial charge in [0.15, 0.2) is 0 Å². The highest BCUT2D eigenvalue weighted by Crippen LogP contribution is 2.27. The topological polar surface area (TPSA) is 12.0 Å². The van der Waals surface area contributed by atoms with Crippen molar-refractivity contribution in [3.63, 3.8) is 0 Å². The Labute approximate surface area is 122 Å². The summed E-state index contributed by atoms with van der Waals surface area (Å²) in [4.78, 5) is 0.590. The molecular formula is C16H17F2NS. The number of nitrogens with one attached hydrogen (secondary N) is 1. The van der Waals surface area contributed by atoms with Crippen molar-refractivity contribution < 1.29 is 8.78 Å². The zero-order chi connectivity index (χ0) is 14.4. The quantitative estimate of drug-likeness (QED) is 0.792. The minimum atomic E-state index is -0.235. The summed E-state index contributed by atoms with van der Waals surface area (Å²) in [5.41, 5.74) is 0.623. The Bertz CT molecular complexity index is 560. The number of rotatable bonds is 6. The van der Waals surface area contributed by atoms with Crippen molar-refractivity contribution in [3.05, 3.63) is 65.7 Å². The number of hydrogen-bond acceptors (Lipinski definition) is 2. The molecule has 2 aromatic rings. The molecule has 0 amide bonds. The lowest BCUT2D eigenvalue weighted by Crippen LogP contribution is -2.24. The minimum absolute atomic E-state index is 0.134. The lowest BCUT2D eigenvalue weighted by atomic mass is 10.1. The summed E-state index contributed by atoms with van der Waals surface area (Å²) in [5.74, 6) is 0.115. The van der Waals surface area contributed by atoms with E-state index in [1.165, 1.54) is 23.9 Å². The van der Waals surface area contributed by atoms with Crippen LogP contribution in [-0.2, 0) is 0 Å². The van der Waals surface area contributed by atoms with Crippen LogP contribution in [0.1, 0.15) is 18.5 Å². The molecule has 1 N–H and O–H groups in total. The van der Waals surface area contributed by atoms with Crippen molar-refractivity contribution in [2.24, 2.45) is 0 Å². The van der Waals surface area contributed by atoms with Crippen molar-refractivity contribution in [2.75, 3.05) is 12.3 Å². The van der Waals surface area contributed by atoms with Crippen LogP contribution in [0, 0.1) is 11.6 Å². The van der Waals surface area contributed by atoms with Gasteiger partial charge in [-0.05, 0) is 24.7 Å². The van der Waals surface area contributed by atoms with Crippen molar-refractivity contribution in [3.8, 4) is 0 Å². The van der Waals surface area contributed by atoms with Gasteiger partial charge in [-0.25, -0.2) is 8.78 Å². The third-order valence-electron chi connectivity index (χ3n) is 2.97. The normalized spacial score (nSPS) is 12.3. The highest BCUT2D eigenvalue weighted by Gasteiger charge is 2.15. The average Bonchev–Trinajstić information content (AvgIpc) is 2.46. The van der Waals surface area contributed by atoms with Crippen molar-refractivity contribution in [1.29, 1.82) is 0 Å². The van der Waals surface area contributed by atoms with E-state index >= 15 is 0 Å². The van der Waals surface area contributed by atoms with E-state index in [0.717, 1.165) is 6.54 Å². The first-order valence-electron chi connectivity index (χ1n) is 6.57. The van der Waals surface area contributed by atoms with Crippen LogP contribution in [0.25, 0.3) is 0 Å². The molecule has 2 rings (SSSR count). The Morgan fingerprint density at radius 3 is 2.30 bits per heavy atom. The molecule has 1 nitrogen and oxygen atoms in total. The van der Waals surface area contributed by atoms with Gasteiger partial charge < -0.3 is 5.32 Å². The summed E-state index contributed by atoms with van der Waals surface area (Å²) < 4.78 is 27.4. The molecule has 0 spiro atoms. The maximum Gasteiger partial charge on any atom is 0.136 e. The largest absolute Gasteiger partial charge is 0.309 e. The summed E-state index contributed by atoms with van der Waals surface area (Å²) >= 11 is 1.39. The van der Waals surface area contributed by atoms with Gasteiger partial charge in [0.25, 0.3) is 0 Å². The van der Waals surface area contributed by atoms with Gasteiger partial charge in [0.2, 0.25) is 0 Å². The van der Waals surface area contributed by atoms with Crippen molar-refractivity contribution in [2.45, 2.75) is 17.9 Å². The first kappa shape index (κ1) is 15.0. The zero-order valence-electron chi connectivity index (χ0n) is 11.3. The van der Waals surface area contributed by atoms with Crippen LogP contribution in [0.5, 0.6) is 0 Å². The molecule has 20 heavy (non-hydrogen) atoms. The van der Waals surface area contributed by atoms with Gasteiger partial charge in [-0.2, -0.15) is 0 Å². The van der Waals surface area contributed by atoms with Crippen LogP contribution in [0.2, 0.25) is 0 Å². The van der Waals surface area contributed by atoms with Gasteiger partial charge in [0.05, 0.1) is 0 Å². The first-order chi connectivity index (χ1) is 9.72. The van der Waals surface area contributed by atoms with E-state index in [2.05, 4.69) is 5.32 Å². The van der Waals surface area contributed by atoms with Gasteiger partial charge in [-0.15, -0.1) is 11.8 Å². The standard InChI is InChI=1S/C16H17F2NS/c1-2-19-15(12-7-3-4-8-13(12)17)11-20-16-10-6-5-9-14(16)18/h3-10,15,19H,2,11H2,1H3. The second kappa shape index (κ2) is 7.41. The Morgan fingerprint density at radius 1 is 1.00 bits per heavy atom. The maximum absolute atomic E-state index is 13.8. The monoisotopic (exact) mass is 293 g/mol. The number of halogens is 2. The van der Waals surface area contributed by atoms with Crippen LogP contribution >= 0.6 is 11.8 Å². The smallest absolute Gasteiger partial charge is 0.136 e. The van der Waals surface area contributed by atoms with E-state index in [-0.39, 0.29) is 17.7 Å². The molecule has 0 aliphatic rings. The first-order valence-corrected chi connectivity index (χ1v) is 7.56. The van der Waals surface area contributed by atoms with E-state index in [0.29, 0.717) is 16.2 Å². The fourth-order valence-corrected chi connectivity index (χ4v) is 3.02. The summed E-state index contributed by atoms with van der Waals surface area (Å²) in [5, 5.41) is 3.25. The summed E-state index contributed by atoms with van der Waals surface area (Å²) in [6.07, 6.45) is 0. The van der Waals surface area contributed by atoms with Crippen LogP contribution in [-0.4, -0.2) is 12.3 Å². The molecule has 0 fully saturated rings. The zero-order valence-corrected chi connectivity index (χ0v) is 12.1. The van der Waals surface area contributed by atoms with Crippen LogP contribution in [0.4, 0.5) is 8.78 Å².